The Labute approximate surface area is 278 Å². The van der Waals surface area contributed by atoms with Crippen molar-refractivity contribution in [3.05, 3.63) is 203 Å². The molecule has 0 saturated heterocycles. The van der Waals surface area contributed by atoms with Gasteiger partial charge in [-0.3, -0.25) is 0 Å². The molecule has 0 bridgehead atoms. The van der Waals surface area contributed by atoms with Crippen molar-refractivity contribution in [1.82, 2.24) is 0 Å². The van der Waals surface area contributed by atoms with Gasteiger partial charge in [-0.2, -0.15) is 0 Å². The second kappa shape index (κ2) is 9.85. The number of benzene rings is 8. The van der Waals surface area contributed by atoms with Crippen molar-refractivity contribution in [2.24, 2.45) is 0 Å². The highest BCUT2D eigenvalue weighted by Gasteiger charge is 2.44. The van der Waals surface area contributed by atoms with E-state index in [1.807, 2.05) is 72.8 Å². The molecule has 8 aromatic rings. The van der Waals surface area contributed by atoms with Crippen LogP contribution in [0.4, 0.5) is 0 Å². The molecular weight excluding hydrogens is 585 g/mol. The summed E-state index contributed by atoms with van der Waals surface area (Å²) in [6, 6.07) is 58.3. The molecule has 8 aromatic carbocycles. The molecular formula is C46H30O2. The van der Waals surface area contributed by atoms with E-state index >= 15 is 0 Å². The minimum Gasteiger partial charge on any atom is -0.376 e. The Bertz CT molecular complexity index is 2400. The van der Waals surface area contributed by atoms with Crippen LogP contribution in [-0.2, 0) is 11.2 Å². The van der Waals surface area contributed by atoms with Crippen LogP contribution in [0.15, 0.2) is 170 Å². The number of fused-ring (bicyclic) bond motifs is 8. The molecule has 2 aliphatic rings. The fourth-order valence-electron chi connectivity index (χ4n) is 8.31. The third-order valence-electron chi connectivity index (χ3n) is 10.7. The maximum atomic E-state index is 12.6. The van der Waals surface area contributed by atoms with Gasteiger partial charge in [0, 0.05) is 22.3 Å². The molecule has 0 aliphatic heterocycles. The number of aliphatic hydroxyl groups is 2. The Hall–Kier alpha value is -5.80. The second-order valence-electron chi connectivity index (χ2n) is 13.2. The normalized spacial score (nSPS) is 18.8. The summed E-state index contributed by atoms with van der Waals surface area (Å²) in [4.78, 5) is 0. The molecule has 226 valence electrons. The van der Waals surface area contributed by atoms with Crippen LogP contribution in [0.3, 0.4) is 0 Å². The zero-order valence-electron chi connectivity index (χ0n) is 26.1. The first-order valence-corrected chi connectivity index (χ1v) is 16.5. The van der Waals surface area contributed by atoms with E-state index < -0.39 is 11.2 Å². The van der Waals surface area contributed by atoms with Crippen LogP contribution >= 0.6 is 0 Å². The molecule has 2 N–H and O–H groups in total. The van der Waals surface area contributed by atoms with Crippen LogP contribution < -0.4 is 0 Å². The largest absolute Gasteiger partial charge is 0.376 e. The summed E-state index contributed by atoms with van der Waals surface area (Å²) in [5.41, 5.74) is 9.20. The van der Waals surface area contributed by atoms with E-state index in [0.717, 1.165) is 88.3 Å². The van der Waals surface area contributed by atoms with Crippen molar-refractivity contribution in [3.8, 4) is 33.4 Å². The van der Waals surface area contributed by atoms with Gasteiger partial charge in [-0.1, -0.05) is 146 Å². The van der Waals surface area contributed by atoms with Crippen molar-refractivity contribution in [3.63, 3.8) is 0 Å². The fraction of sp³-hybridized carbons (Fsp3) is 0.0435. The van der Waals surface area contributed by atoms with Gasteiger partial charge < -0.3 is 10.2 Å². The van der Waals surface area contributed by atoms with E-state index in [4.69, 9.17) is 0 Å². The van der Waals surface area contributed by atoms with Crippen LogP contribution in [0.2, 0.25) is 0 Å². The van der Waals surface area contributed by atoms with E-state index in [0.29, 0.717) is 0 Å². The maximum Gasteiger partial charge on any atom is 0.141 e. The van der Waals surface area contributed by atoms with Gasteiger partial charge in [0.25, 0.3) is 0 Å². The average Bonchev–Trinajstić information content (AvgIpc) is 3.55. The predicted octanol–water partition coefficient (Wildman–Crippen LogP) is 10.2. The molecule has 0 heterocycles. The first kappa shape index (κ1) is 27.3. The lowest BCUT2D eigenvalue weighted by Crippen LogP contribution is -2.26. The second-order valence-corrected chi connectivity index (χ2v) is 13.2. The fourth-order valence-corrected chi connectivity index (χ4v) is 8.31. The molecule has 10 rings (SSSR count). The number of hydrogen-bond donors (Lipinski definition) is 2. The summed E-state index contributed by atoms with van der Waals surface area (Å²) in [7, 11) is 0. The lowest BCUT2D eigenvalue weighted by molar-refractivity contribution is 0.130. The van der Waals surface area contributed by atoms with Crippen LogP contribution in [0, 0.1) is 0 Å². The van der Waals surface area contributed by atoms with Crippen molar-refractivity contribution in [2.45, 2.75) is 11.2 Å². The van der Waals surface area contributed by atoms with Gasteiger partial charge in [-0.25, -0.2) is 0 Å². The summed E-state index contributed by atoms with van der Waals surface area (Å²) in [6.07, 6.45) is 0. The molecule has 0 fully saturated rings. The van der Waals surface area contributed by atoms with Gasteiger partial charge in [-0.05, 0) is 90.3 Å². The van der Waals surface area contributed by atoms with E-state index in [1.54, 1.807) is 0 Å². The third kappa shape index (κ3) is 3.64. The van der Waals surface area contributed by atoms with Crippen molar-refractivity contribution in [1.29, 1.82) is 0 Å². The van der Waals surface area contributed by atoms with Gasteiger partial charge >= 0.3 is 0 Å². The van der Waals surface area contributed by atoms with E-state index in [1.165, 1.54) is 0 Å². The maximum absolute atomic E-state index is 12.6. The molecule has 0 aromatic heterocycles. The zero-order valence-corrected chi connectivity index (χ0v) is 26.1. The van der Waals surface area contributed by atoms with Gasteiger partial charge in [0.05, 0.1) is 0 Å². The molecule has 2 heteroatoms. The van der Waals surface area contributed by atoms with Crippen LogP contribution in [0.25, 0.3) is 54.9 Å². The Morgan fingerprint density at radius 1 is 0.292 bits per heavy atom. The van der Waals surface area contributed by atoms with Crippen LogP contribution in [-0.4, -0.2) is 10.2 Å². The quantitative estimate of drug-likeness (QED) is 0.208. The minimum atomic E-state index is -1.25. The molecule has 2 nitrogen and oxygen atoms in total. The SMILES string of the molecule is OC1(c2ccc(-c3ccc(C4(O)c5ccccc5-c5cc6ccccc6cc54)cc3)cc2)c2ccccc2-c2cc3ccccc3cc21. The number of hydrogen-bond acceptors (Lipinski definition) is 2. The summed E-state index contributed by atoms with van der Waals surface area (Å²) < 4.78 is 0. The topological polar surface area (TPSA) is 40.5 Å². The molecule has 0 radical (unpaired) electrons. The Kier molecular flexibility index (Phi) is 5.61. The van der Waals surface area contributed by atoms with E-state index in [2.05, 4.69) is 97.1 Å². The highest BCUT2D eigenvalue weighted by molar-refractivity contribution is 5.95. The summed E-state index contributed by atoms with van der Waals surface area (Å²) in [6.45, 7) is 0. The minimum absolute atomic E-state index is 0.838. The van der Waals surface area contributed by atoms with Gasteiger partial charge in [0.15, 0.2) is 0 Å². The lowest BCUT2D eigenvalue weighted by atomic mass is 9.82. The highest BCUT2D eigenvalue weighted by Crippen LogP contribution is 2.53. The smallest absolute Gasteiger partial charge is 0.141 e. The first-order valence-electron chi connectivity index (χ1n) is 16.5. The van der Waals surface area contributed by atoms with Gasteiger partial charge in [0.2, 0.25) is 0 Å². The standard InChI is InChI=1S/C46H30O2/c47-45(41-15-7-5-13-37(41)39-25-31-9-1-3-11-33(31)27-43(39)45)35-21-17-29(18-22-35)30-19-23-36(24-20-30)46(48)42-16-8-6-14-38(42)40-26-32-10-2-4-12-34(32)28-44(40)46/h1-28,47-48H. The number of rotatable bonds is 3. The Morgan fingerprint density at radius 2 is 0.625 bits per heavy atom. The Balaban J connectivity index is 1.04. The van der Waals surface area contributed by atoms with Crippen molar-refractivity contribution in [2.75, 3.05) is 0 Å². The summed E-state index contributed by atoms with van der Waals surface area (Å²) in [5.74, 6) is 0. The molecule has 0 amide bonds. The summed E-state index contributed by atoms with van der Waals surface area (Å²) in [5, 5.41) is 29.7. The first-order chi connectivity index (χ1) is 23.5. The van der Waals surface area contributed by atoms with E-state index in [-0.39, 0.29) is 0 Å². The third-order valence-corrected chi connectivity index (χ3v) is 10.7. The monoisotopic (exact) mass is 614 g/mol. The molecule has 0 saturated carbocycles. The van der Waals surface area contributed by atoms with E-state index in [9.17, 15) is 10.2 Å². The average molecular weight is 615 g/mol. The van der Waals surface area contributed by atoms with Crippen LogP contribution in [0.1, 0.15) is 33.4 Å². The zero-order chi connectivity index (χ0) is 32.0. The van der Waals surface area contributed by atoms with Crippen molar-refractivity contribution < 1.29 is 10.2 Å². The van der Waals surface area contributed by atoms with Gasteiger partial charge in [0.1, 0.15) is 11.2 Å². The van der Waals surface area contributed by atoms with Crippen LogP contribution in [0.5, 0.6) is 0 Å². The summed E-state index contributed by atoms with van der Waals surface area (Å²) >= 11 is 0. The molecule has 2 aliphatic carbocycles. The molecule has 2 unspecified atom stereocenters. The van der Waals surface area contributed by atoms with Gasteiger partial charge in [-0.15, -0.1) is 0 Å². The molecule has 0 spiro atoms. The molecule has 2 atom stereocenters. The highest BCUT2D eigenvalue weighted by atomic mass is 16.3. The Morgan fingerprint density at radius 3 is 1.02 bits per heavy atom. The lowest BCUT2D eigenvalue weighted by Gasteiger charge is -2.27. The van der Waals surface area contributed by atoms with Crippen molar-refractivity contribution >= 4 is 21.5 Å². The molecule has 48 heavy (non-hydrogen) atoms. The predicted molar refractivity (Wildman–Crippen MR) is 195 cm³/mol.